The molecule has 1 amide bonds. The fraction of sp³-hybridized carbons (Fsp3) is 0.375. The van der Waals surface area contributed by atoms with Crippen LogP contribution in [-0.4, -0.2) is 29.3 Å². The van der Waals surface area contributed by atoms with Crippen LogP contribution in [0, 0.1) is 5.92 Å². The Balaban J connectivity index is 2.09. The third-order valence-corrected chi connectivity index (χ3v) is 3.63. The van der Waals surface area contributed by atoms with E-state index in [-0.39, 0.29) is 11.8 Å². The Hall–Kier alpha value is -2.14. The highest BCUT2D eigenvalue weighted by atomic mass is 16.2. The summed E-state index contributed by atoms with van der Waals surface area (Å²) < 4.78 is 0. The average Bonchev–Trinajstić information content (AvgIpc) is 2.88. The molecule has 5 nitrogen and oxygen atoms in total. The van der Waals surface area contributed by atoms with Gasteiger partial charge < -0.3 is 20.8 Å². The molecule has 0 fully saturated rings. The highest BCUT2D eigenvalue weighted by Crippen LogP contribution is 2.18. The molecular formula is C16H21N3O2. The zero-order valence-corrected chi connectivity index (χ0v) is 12.3. The lowest BCUT2D eigenvalue weighted by atomic mass is 10.0. The van der Waals surface area contributed by atoms with Gasteiger partial charge in [-0.1, -0.05) is 32.0 Å². The monoisotopic (exact) mass is 287 g/mol. The smallest absolute Gasteiger partial charge is 0.237 e. The van der Waals surface area contributed by atoms with Crippen LogP contribution in [0.15, 0.2) is 30.5 Å². The second-order valence-electron chi connectivity index (χ2n) is 5.58. The van der Waals surface area contributed by atoms with Gasteiger partial charge in [0, 0.05) is 23.5 Å². The lowest BCUT2D eigenvalue weighted by Crippen LogP contribution is -2.49. The predicted molar refractivity (Wildman–Crippen MR) is 82.8 cm³/mol. The van der Waals surface area contributed by atoms with Gasteiger partial charge >= 0.3 is 0 Å². The van der Waals surface area contributed by atoms with Gasteiger partial charge in [-0.15, -0.1) is 0 Å². The van der Waals surface area contributed by atoms with E-state index in [0.717, 1.165) is 22.8 Å². The van der Waals surface area contributed by atoms with Crippen LogP contribution < -0.4 is 11.1 Å². The van der Waals surface area contributed by atoms with Crippen LogP contribution in [-0.2, 0) is 16.0 Å². The summed E-state index contributed by atoms with van der Waals surface area (Å²) in [6.45, 7) is 3.75. The van der Waals surface area contributed by atoms with Crippen LogP contribution in [0.5, 0.6) is 0 Å². The van der Waals surface area contributed by atoms with E-state index in [2.05, 4.69) is 10.3 Å². The molecular weight excluding hydrogens is 266 g/mol. The Morgan fingerprint density at radius 3 is 2.76 bits per heavy atom. The lowest BCUT2D eigenvalue weighted by Gasteiger charge is -2.18. The first-order valence-electron chi connectivity index (χ1n) is 7.09. The van der Waals surface area contributed by atoms with Crippen molar-refractivity contribution in [3.05, 3.63) is 36.0 Å². The summed E-state index contributed by atoms with van der Waals surface area (Å²) in [6.07, 6.45) is 3.08. The number of nitrogens with one attached hydrogen (secondary N) is 2. The third kappa shape index (κ3) is 3.49. The number of amides is 1. The molecule has 5 heteroatoms. The number of aldehydes is 1. The number of para-hydroxylation sites is 1. The first-order valence-corrected chi connectivity index (χ1v) is 7.09. The lowest BCUT2D eigenvalue weighted by molar-refractivity contribution is -0.125. The minimum atomic E-state index is -0.601. The van der Waals surface area contributed by atoms with Gasteiger partial charge in [0.1, 0.15) is 6.29 Å². The molecule has 0 saturated heterocycles. The fourth-order valence-electron chi connectivity index (χ4n) is 2.25. The number of fused-ring (bicyclic) bond motifs is 1. The van der Waals surface area contributed by atoms with Crippen molar-refractivity contribution < 1.29 is 9.59 Å². The number of aromatic amines is 1. The molecule has 21 heavy (non-hydrogen) atoms. The second-order valence-corrected chi connectivity index (χ2v) is 5.58. The summed E-state index contributed by atoms with van der Waals surface area (Å²) in [6, 6.07) is 6.69. The maximum absolute atomic E-state index is 11.9. The van der Waals surface area contributed by atoms with E-state index in [0.29, 0.717) is 6.42 Å². The largest absolute Gasteiger partial charge is 0.361 e. The molecule has 1 aromatic carbocycles. The molecule has 2 aromatic rings. The van der Waals surface area contributed by atoms with E-state index in [1.807, 2.05) is 44.3 Å². The molecule has 0 aliphatic carbocycles. The molecule has 0 radical (unpaired) electrons. The number of hydrogen-bond acceptors (Lipinski definition) is 3. The van der Waals surface area contributed by atoms with E-state index in [4.69, 9.17) is 5.73 Å². The van der Waals surface area contributed by atoms with Crippen molar-refractivity contribution in [1.82, 2.24) is 10.3 Å². The van der Waals surface area contributed by atoms with Gasteiger partial charge in [-0.25, -0.2) is 0 Å². The number of carbonyl (C=O) groups excluding carboxylic acids is 2. The summed E-state index contributed by atoms with van der Waals surface area (Å²) >= 11 is 0. The van der Waals surface area contributed by atoms with Crippen LogP contribution in [0.3, 0.4) is 0 Å². The number of nitrogens with two attached hydrogens (primary N) is 1. The molecule has 112 valence electrons. The van der Waals surface area contributed by atoms with E-state index in [1.165, 1.54) is 0 Å². The maximum Gasteiger partial charge on any atom is 0.237 e. The second kappa shape index (κ2) is 6.54. The van der Waals surface area contributed by atoms with Gasteiger partial charge in [0.05, 0.1) is 12.1 Å². The summed E-state index contributed by atoms with van der Waals surface area (Å²) in [5.74, 6) is -0.257. The van der Waals surface area contributed by atoms with Gasteiger partial charge in [-0.3, -0.25) is 4.79 Å². The molecule has 0 bridgehead atoms. The number of H-pyrrole nitrogens is 1. The Labute approximate surface area is 123 Å². The minimum Gasteiger partial charge on any atom is -0.361 e. The van der Waals surface area contributed by atoms with Gasteiger partial charge in [0.2, 0.25) is 5.91 Å². The normalized spacial score (nSPS) is 14.1. The highest BCUT2D eigenvalue weighted by molar-refractivity contribution is 5.86. The van der Waals surface area contributed by atoms with Gasteiger partial charge in [-0.2, -0.15) is 0 Å². The number of aromatic nitrogens is 1. The molecule has 0 unspecified atom stereocenters. The van der Waals surface area contributed by atoms with Gasteiger partial charge in [0.25, 0.3) is 0 Å². The van der Waals surface area contributed by atoms with Crippen LogP contribution in [0.4, 0.5) is 0 Å². The molecule has 0 aliphatic rings. The minimum absolute atomic E-state index is 0.0328. The van der Waals surface area contributed by atoms with E-state index in [1.54, 1.807) is 0 Å². The van der Waals surface area contributed by atoms with Gasteiger partial charge in [-0.05, 0) is 17.5 Å². The molecule has 0 aliphatic heterocycles. The molecule has 0 saturated carbocycles. The van der Waals surface area contributed by atoms with Crippen molar-refractivity contribution >= 4 is 23.1 Å². The summed E-state index contributed by atoms with van der Waals surface area (Å²) in [7, 11) is 0. The number of hydrogen-bond donors (Lipinski definition) is 3. The van der Waals surface area contributed by atoms with Crippen LogP contribution >= 0.6 is 0 Å². The van der Waals surface area contributed by atoms with Crippen molar-refractivity contribution in [2.45, 2.75) is 32.4 Å². The summed E-state index contributed by atoms with van der Waals surface area (Å²) in [5.41, 5.74) is 7.81. The zero-order valence-electron chi connectivity index (χ0n) is 12.3. The third-order valence-electron chi connectivity index (χ3n) is 3.63. The highest BCUT2D eigenvalue weighted by Gasteiger charge is 2.21. The number of rotatable bonds is 6. The first kappa shape index (κ1) is 15.3. The van der Waals surface area contributed by atoms with Crippen LogP contribution in [0.1, 0.15) is 19.4 Å². The molecule has 2 rings (SSSR count). The molecule has 1 heterocycles. The predicted octanol–water partition coefficient (Wildman–Crippen LogP) is 1.38. The number of benzene rings is 1. The Kier molecular flexibility index (Phi) is 4.75. The van der Waals surface area contributed by atoms with E-state index in [9.17, 15) is 9.59 Å². The van der Waals surface area contributed by atoms with Crippen molar-refractivity contribution in [1.29, 1.82) is 0 Å². The fourth-order valence-corrected chi connectivity index (χ4v) is 2.25. The Bertz CT molecular complexity index is 633. The maximum atomic E-state index is 11.9. The van der Waals surface area contributed by atoms with Gasteiger partial charge in [0.15, 0.2) is 0 Å². The number of carbonyl (C=O) groups is 2. The first-order chi connectivity index (χ1) is 10.0. The zero-order chi connectivity index (χ0) is 15.4. The Morgan fingerprint density at radius 1 is 1.38 bits per heavy atom. The summed E-state index contributed by atoms with van der Waals surface area (Å²) in [5, 5.41) is 3.77. The van der Waals surface area contributed by atoms with Crippen molar-refractivity contribution in [2.24, 2.45) is 11.7 Å². The van der Waals surface area contributed by atoms with Crippen LogP contribution in [0.2, 0.25) is 0 Å². The van der Waals surface area contributed by atoms with Crippen molar-refractivity contribution in [3.8, 4) is 0 Å². The Morgan fingerprint density at radius 2 is 2.10 bits per heavy atom. The van der Waals surface area contributed by atoms with E-state index >= 15 is 0 Å². The quantitative estimate of drug-likeness (QED) is 0.701. The average molecular weight is 287 g/mol. The molecule has 4 N–H and O–H groups in total. The summed E-state index contributed by atoms with van der Waals surface area (Å²) in [4.78, 5) is 26.3. The van der Waals surface area contributed by atoms with Crippen molar-refractivity contribution in [3.63, 3.8) is 0 Å². The van der Waals surface area contributed by atoms with Crippen molar-refractivity contribution in [2.75, 3.05) is 0 Å². The SMILES string of the molecule is CC(C)[C@@H](N)C(=O)N[C@@H](C=O)Cc1c[nH]c2ccccc12. The topological polar surface area (TPSA) is 88.0 Å². The standard InChI is InChI=1S/C16H21N3O2/c1-10(2)15(17)16(21)19-12(9-20)7-11-8-18-14-6-4-3-5-13(11)14/h3-6,8-10,12,15,18H,7,17H2,1-2H3,(H,19,21)/t12-,15-/m1/s1. The van der Waals surface area contributed by atoms with E-state index < -0.39 is 12.1 Å². The molecule has 1 aromatic heterocycles. The molecule has 2 atom stereocenters. The van der Waals surface area contributed by atoms with Crippen LogP contribution in [0.25, 0.3) is 10.9 Å². The molecule has 0 spiro atoms.